The van der Waals surface area contributed by atoms with Crippen molar-refractivity contribution >= 4 is 29.3 Å². The fraction of sp³-hybridized carbons (Fsp3) is 0.359. The molecule has 9 heteroatoms. The summed E-state index contributed by atoms with van der Waals surface area (Å²) in [5.74, 6) is 0. The molecular weight excluding hydrogens is 643 g/mol. The summed E-state index contributed by atoms with van der Waals surface area (Å²) in [5.41, 5.74) is 4.97. The van der Waals surface area contributed by atoms with Crippen LogP contribution in [-0.4, -0.2) is 104 Å². The Morgan fingerprint density at radius 2 is 0.979 bits per heavy atom. The molecule has 2 atom stereocenters. The molecular formula is C39H44Cl2N4O3. The van der Waals surface area contributed by atoms with Crippen molar-refractivity contribution in [3.63, 3.8) is 0 Å². The number of rotatable bonds is 12. The molecule has 7 nitrogen and oxygen atoms in total. The van der Waals surface area contributed by atoms with Gasteiger partial charge in [0.2, 0.25) is 0 Å². The second-order valence-electron chi connectivity index (χ2n) is 12.4. The third kappa shape index (κ3) is 9.17. The number of ether oxygens (including phenoxy) is 2. The summed E-state index contributed by atoms with van der Waals surface area (Å²) in [4.78, 5) is 22.0. The zero-order valence-electron chi connectivity index (χ0n) is 27.3. The Balaban J connectivity index is 0.893. The zero-order valence-corrected chi connectivity index (χ0v) is 28.8. The predicted octanol–water partition coefficient (Wildman–Crippen LogP) is 7.26. The number of hydrogen-bond acceptors (Lipinski definition) is 6. The van der Waals surface area contributed by atoms with E-state index < -0.39 is 0 Å². The minimum absolute atomic E-state index is 0.104. The molecule has 4 aromatic rings. The Labute approximate surface area is 294 Å². The average Bonchev–Trinajstić information content (AvgIpc) is 3.13. The number of carbonyl (C=O) groups is 1. The smallest absolute Gasteiger partial charge is 0.409 e. The molecule has 6 rings (SSSR count). The summed E-state index contributed by atoms with van der Waals surface area (Å²) in [5, 5.41) is 1.48. The molecule has 2 unspecified atom stereocenters. The van der Waals surface area contributed by atoms with Gasteiger partial charge in [-0.3, -0.25) is 14.7 Å². The van der Waals surface area contributed by atoms with Gasteiger partial charge in [0.1, 0.15) is 6.61 Å². The molecule has 2 heterocycles. The van der Waals surface area contributed by atoms with Crippen molar-refractivity contribution in [1.29, 1.82) is 0 Å². The van der Waals surface area contributed by atoms with Crippen molar-refractivity contribution in [2.45, 2.75) is 12.1 Å². The van der Waals surface area contributed by atoms with Crippen molar-refractivity contribution in [1.82, 2.24) is 19.6 Å². The molecule has 252 valence electrons. The van der Waals surface area contributed by atoms with E-state index in [2.05, 4.69) is 93.6 Å². The highest BCUT2D eigenvalue weighted by atomic mass is 35.5. The van der Waals surface area contributed by atoms with E-state index in [9.17, 15) is 4.79 Å². The van der Waals surface area contributed by atoms with Crippen molar-refractivity contribution in [2.24, 2.45) is 0 Å². The number of hydrogen-bond donors (Lipinski definition) is 0. The number of halogens is 2. The van der Waals surface area contributed by atoms with Crippen molar-refractivity contribution in [3.05, 3.63) is 141 Å². The maximum Gasteiger partial charge on any atom is 0.409 e. The number of piperazine rings is 2. The van der Waals surface area contributed by atoms with E-state index in [1.807, 2.05) is 30.3 Å². The first-order valence-corrected chi connectivity index (χ1v) is 17.6. The Kier molecular flexibility index (Phi) is 12.4. The van der Waals surface area contributed by atoms with Gasteiger partial charge in [-0.25, -0.2) is 4.79 Å². The zero-order chi connectivity index (χ0) is 33.1. The predicted molar refractivity (Wildman–Crippen MR) is 193 cm³/mol. The van der Waals surface area contributed by atoms with Gasteiger partial charge in [-0.2, -0.15) is 0 Å². The third-order valence-corrected chi connectivity index (χ3v) is 9.82. The van der Waals surface area contributed by atoms with Crippen LogP contribution in [0.1, 0.15) is 34.3 Å². The molecule has 0 N–H and O–H groups in total. The lowest BCUT2D eigenvalue weighted by Gasteiger charge is -2.39. The van der Waals surface area contributed by atoms with Gasteiger partial charge < -0.3 is 14.4 Å². The van der Waals surface area contributed by atoms with Crippen molar-refractivity contribution in [2.75, 3.05) is 78.7 Å². The van der Waals surface area contributed by atoms with Gasteiger partial charge in [-0.1, -0.05) is 108 Å². The molecule has 2 aliphatic rings. The van der Waals surface area contributed by atoms with E-state index in [1.54, 1.807) is 4.90 Å². The van der Waals surface area contributed by atoms with E-state index in [-0.39, 0.29) is 24.8 Å². The first-order valence-electron chi connectivity index (χ1n) is 16.9. The van der Waals surface area contributed by atoms with Crippen LogP contribution >= 0.6 is 23.2 Å². The van der Waals surface area contributed by atoms with Gasteiger partial charge in [-0.15, -0.1) is 0 Å². The molecule has 0 radical (unpaired) electrons. The molecule has 48 heavy (non-hydrogen) atoms. The summed E-state index contributed by atoms with van der Waals surface area (Å²) in [7, 11) is 0. The molecule has 2 aliphatic heterocycles. The standard InChI is InChI=1S/C39H44Cl2N4O3/c40-35-15-11-33(12-16-35)37(31-7-3-1-4-8-31)43-21-19-42(20-22-43)27-28-47-29-30-48-39(46)45-25-23-44(24-26-45)38(32-9-5-2-6-10-32)34-13-17-36(41)18-14-34/h1-18,37-38H,19-30H2. The number of carbonyl (C=O) groups excluding carboxylic acids is 1. The largest absolute Gasteiger partial charge is 0.447 e. The second kappa shape index (κ2) is 17.3. The lowest BCUT2D eigenvalue weighted by atomic mass is 9.96. The van der Waals surface area contributed by atoms with Crippen LogP contribution in [0.25, 0.3) is 0 Å². The highest BCUT2D eigenvalue weighted by molar-refractivity contribution is 6.30. The molecule has 0 aliphatic carbocycles. The number of benzene rings is 4. The van der Waals surface area contributed by atoms with Gasteiger partial charge in [-0.05, 0) is 46.5 Å². The van der Waals surface area contributed by atoms with Gasteiger partial charge in [0.05, 0.1) is 25.3 Å². The fourth-order valence-electron chi connectivity index (χ4n) is 6.77. The van der Waals surface area contributed by atoms with Crippen LogP contribution in [0.5, 0.6) is 0 Å². The number of amides is 1. The Morgan fingerprint density at radius 1 is 0.542 bits per heavy atom. The second-order valence-corrected chi connectivity index (χ2v) is 13.2. The van der Waals surface area contributed by atoms with Crippen LogP contribution in [0.2, 0.25) is 10.0 Å². The van der Waals surface area contributed by atoms with Crippen LogP contribution in [0.4, 0.5) is 4.79 Å². The van der Waals surface area contributed by atoms with Gasteiger partial charge in [0.15, 0.2) is 0 Å². The van der Waals surface area contributed by atoms with E-state index in [4.69, 9.17) is 32.7 Å². The first kappa shape index (κ1) is 34.4. The monoisotopic (exact) mass is 686 g/mol. The molecule has 0 spiro atoms. The molecule has 0 bridgehead atoms. The summed E-state index contributed by atoms with van der Waals surface area (Å²) in [6, 6.07) is 37.8. The van der Waals surface area contributed by atoms with Crippen LogP contribution < -0.4 is 0 Å². The fourth-order valence-corrected chi connectivity index (χ4v) is 7.02. The third-order valence-electron chi connectivity index (χ3n) is 9.32. The van der Waals surface area contributed by atoms with Crippen LogP contribution in [0.15, 0.2) is 109 Å². The highest BCUT2D eigenvalue weighted by Gasteiger charge is 2.29. The van der Waals surface area contributed by atoms with Crippen LogP contribution in [0.3, 0.4) is 0 Å². The Morgan fingerprint density at radius 3 is 1.46 bits per heavy atom. The summed E-state index contributed by atoms with van der Waals surface area (Å²) < 4.78 is 11.5. The minimum atomic E-state index is -0.272. The quantitative estimate of drug-likeness (QED) is 0.146. The summed E-state index contributed by atoms with van der Waals surface area (Å²) in [6.07, 6.45) is -0.272. The van der Waals surface area contributed by atoms with Gasteiger partial charge in [0, 0.05) is 68.9 Å². The molecule has 2 saturated heterocycles. The Hall–Kier alpha value is -3.43. The molecule has 0 aromatic heterocycles. The molecule has 4 aromatic carbocycles. The van der Waals surface area contributed by atoms with Gasteiger partial charge >= 0.3 is 6.09 Å². The topological polar surface area (TPSA) is 48.5 Å². The van der Waals surface area contributed by atoms with Gasteiger partial charge in [0.25, 0.3) is 0 Å². The van der Waals surface area contributed by atoms with Crippen LogP contribution in [-0.2, 0) is 9.47 Å². The highest BCUT2D eigenvalue weighted by Crippen LogP contribution is 2.32. The van der Waals surface area contributed by atoms with Crippen molar-refractivity contribution in [3.8, 4) is 0 Å². The van der Waals surface area contributed by atoms with E-state index >= 15 is 0 Å². The maximum absolute atomic E-state index is 12.8. The van der Waals surface area contributed by atoms with E-state index in [0.717, 1.165) is 55.9 Å². The first-order chi connectivity index (χ1) is 23.5. The number of nitrogens with zero attached hydrogens (tertiary/aromatic N) is 4. The average molecular weight is 688 g/mol. The van der Waals surface area contributed by atoms with Crippen LogP contribution in [0, 0.1) is 0 Å². The molecule has 0 saturated carbocycles. The van der Waals surface area contributed by atoms with Crippen molar-refractivity contribution < 1.29 is 14.3 Å². The molecule has 1 amide bonds. The Bertz CT molecular complexity index is 1540. The summed E-state index contributed by atoms with van der Waals surface area (Å²) >= 11 is 12.4. The lowest BCUT2D eigenvalue weighted by molar-refractivity contribution is 0.0296. The van der Waals surface area contributed by atoms with E-state index in [0.29, 0.717) is 26.3 Å². The van der Waals surface area contributed by atoms with E-state index in [1.165, 1.54) is 22.3 Å². The molecule has 2 fully saturated rings. The lowest BCUT2D eigenvalue weighted by Crippen LogP contribution is -2.50. The summed E-state index contributed by atoms with van der Waals surface area (Å²) in [6.45, 7) is 8.76. The minimum Gasteiger partial charge on any atom is -0.447 e. The normalized spacial score (nSPS) is 17.6. The maximum atomic E-state index is 12.8. The SMILES string of the molecule is O=C(OCCOCCN1CCN(C(c2ccccc2)c2ccc(Cl)cc2)CC1)N1CCN(C(c2ccccc2)c2ccc(Cl)cc2)CC1.